The number of fused-ring (bicyclic) bond motifs is 1. The fourth-order valence-electron chi connectivity index (χ4n) is 5.90. The molecule has 4 N–H and O–H groups in total. The first-order valence-corrected chi connectivity index (χ1v) is 29.1. The maximum atomic E-state index is 13.8. The van der Waals surface area contributed by atoms with Gasteiger partial charge < -0.3 is 20.9 Å². The Bertz CT molecular complexity index is 1840. The summed E-state index contributed by atoms with van der Waals surface area (Å²) in [5.74, 6) is -0.306. The Morgan fingerprint density at radius 2 is 1.02 bits per heavy atom. The first kappa shape index (κ1) is 55.0. The van der Waals surface area contributed by atoms with Gasteiger partial charge in [0.25, 0.3) is 0 Å². The van der Waals surface area contributed by atoms with Gasteiger partial charge in [-0.15, -0.1) is 0 Å². The topological polar surface area (TPSA) is 126 Å². The SMILES string of the molecule is C.CCCCCCCCCCCCOc1cc(N)c(N)cc1F.CCCCCCCCCCCCOc1cc2nsnc2cc1F.C[Si](C)(C)S(=O)(Cl)=Nc1ccccc1. The number of nitrogens with zero attached hydrogens (tertiary/aromatic N) is 3. The predicted molar refractivity (Wildman–Crippen MR) is 260 cm³/mol. The van der Waals surface area contributed by atoms with Crippen LogP contribution in [-0.2, 0) is 8.39 Å². The molecule has 0 aliphatic heterocycles. The number of ether oxygens (including phenoxy) is 2. The molecule has 1 heterocycles. The number of aromatic nitrogens is 2. The van der Waals surface area contributed by atoms with E-state index in [0.717, 1.165) is 37.4 Å². The van der Waals surface area contributed by atoms with Crippen LogP contribution in [0, 0.1) is 11.6 Å². The number of halogens is 3. The van der Waals surface area contributed by atoms with Crippen molar-refractivity contribution in [2.24, 2.45) is 4.36 Å². The zero-order chi connectivity index (χ0) is 43.4. The Morgan fingerprint density at radius 1 is 0.633 bits per heavy atom. The molecule has 340 valence electrons. The first-order valence-electron chi connectivity index (χ1n) is 21.8. The highest BCUT2D eigenvalue weighted by atomic mass is 35.7. The van der Waals surface area contributed by atoms with Gasteiger partial charge in [-0.25, -0.2) is 13.0 Å². The number of hydrogen-bond acceptors (Lipinski definition) is 9. The third kappa shape index (κ3) is 23.3. The van der Waals surface area contributed by atoms with E-state index in [2.05, 4.69) is 27.0 Å². The lowest BCUT2D eigenvalue weighted by atomic mass is 10.1. The third-order valence-electron chi connectivity index (χ3n) is 9.69. The molecule has 1 aromatic heterocycles. The number of anilines is 2. The quantitative estimate of drug-likeness (QED) is 0.0278. The van der Waals surface area contributed by atoms with Crippen LogP contribution in [-0.4, -0.2) is 33.4 Å². The molecular weight excluding hydrogens is 836 g/mol. The molecule has 14 heteroatoms. The molecule has 1 unspecified atom stereocenters. The lowest BCUT2D eigenvalue weighted by Gasteiger charge is -2.15. The molecule has 3 aromatic carbocycles. The number of rotatable bonds is 26. The highest BCUT2D eigenvalue weighted by molar-refractivity contribution is 8.39. The second-order valence-electron chi connectivity index (χ2n) is 16.0. The Labute approximate surface area is 371 Å². The molecular formula is C46H76ClF2N5O3S2Si. The van der Waals surface area contributed by atoms with Crippen LogP contribution in [0.1, 0.15) is 150 Å². The summed E-state index contributed by atoms with van der Waals surface area (Å²) >= 11 is 1.09. The molecule has 0 amide bonds. The van der Waals surface area contributed by atoms with E-state index in [1.807, 2.05) is 50.0 Å². The minimum atomic E-state index is -2.56. The smallest absolute Gasteiger partial charge is 0.181 e. The Kier molecular flexibility index (Phi) is 29.1. The monoisotopic (exact) mass is 911 g/mol. The van der Waals surface area contributed by atoms with Gasteiger partial charge in [0.05, 0.1) is 42.0 Å². The highest BCUT2D eigenvalue weighted by Gasteiger charge is 2.28. The highest BCUT2D eigenvalue weighted by Crippen LogP contribution is 2.27. The average Bonchev–Trinajstić information content (AvgIpc) is 3.65. The van der Waals surface area contributed by atoms with Crippen LogP contribution in [0.5, 0.6) is 11.5 Å². The van der Waals surface area contributed by atoms with Crippen LogP contribution in [0.3, 0.4) is 0 Å². The Balaban J connectivity index is 0.000000460. The number of unbranched alkanes of at least 4 members (excludes halogenated alkanes) is 18. The maximum absolute atomic E-state index is 13.8. The molecule has 0 aliphatic rings. The Hall–Kier alpha value is -3.00. The van der Waals surface area contributed by atoms with E-state index in [1.165, 1.54) is 121 Å². The molecule has 60 heavy (non-hydrogen) atoms. The van der Waals surface area contributed by atoms with Crippen molar-refractivity contribution in [2.75, 3.05) is 24.7 Å². The largest absolute Gasteiger partial charge is 0.490 e. The molecule has 0 saturated carbocycles. The summed E-state index contributed by atoms with van der Waals surface area (Å²) in [6, 6.07) is 14.9. The summed E-state index contributed by atoms with van der Waals surface area (Å²) in [4.78, 5) is 0. The second-order valence-corrected chi connectivity index (χ2v) is 29.2. The van der Waals surface area contributed by atoms with Gasteiger partial charge in [-0.3, -0.25) is 0 Å². The van der Waals surface area contributed by atoms with Gasteiger partial charge in [-0.1, -0.05) is 175 Å². The van der Waals surface area contributed by atoms with Crippen LogP contribution in [0.4, 0.5) is 25.8 Å². The van der Waals surface area contributed by atoms with Crippen LogP contribution < -0.4 is 20.9 Å². The van der Waals surface area contributed by atoms with E-state index in [9.17, 15) is 13.0 Å². The van der Waals surface area contributed by atoms with Gasteiger partial charge >= 0.3 is 0 Å². The fourth-order valence-corrected chi connectivity index (χ4v) is 8.45. The minimum absolute atomic E-state index is 0. The molecule has 0 radical (unpaired) electrons. The van der Waals surface area contributed by atoms with E-state index in [1.54, 1.807) is 6.07 Å². The zero-order valence-corrected chi connectivity index (χ0v) is 39.8. The van der Waals surface area contributed by atoms with Crippen molar-refractivity contribution in [3.8, 4) is 11.5 Å². The van der Waals surface area contributed by atoms with Crippen LogP contribution in [0.2, 0.25) is 19.6 Å². The predicted octanol–water partition coefficient (Wildman–Crippen LogP) is 15.8. The zero-order valence-electron chi connectivity index (χ0n) is 36.4. The summed E-state index contributed by atoms with van der Waals surface area (Å²) in [6.45, 7) is 11.4. The molecule has 0 aliphatic carbocycles. The molecule has 0 saturated heterocycles. The van der Waals surface area contributed by atoms with E-state index in [4.69, 9.17) is 31.6 Å². The van der Waals surface area contributed by atoms with Crippen LogP contribution in [0.25, 0.3) is 11.0 Å². The summed E-state index contributed by atoms with van der Waals surface area (Å²) in [6.07, 6.45) is 25.5. The molecule has 0 spiro atoms. The first-order chi connectivity index (χ1) is 28.3. The molecule has 0 bridgehead atoms. The van der Waals surface area contributed by atoms with E-state index >= 15 is 0 Å². The summed E-state index contributed by atoms with van der Waals surface area (Å²) < 4.78 is 62.6. The number of nitrogen functional groups attached to an aromatic ring is 2. The van der Waals surface area contributed by atoms with Crippen molar-refractivity contribution in [3.05, 3.63) is 66.2 Å². The lowest BCUT2D eigenvalue weighted by Crippen LogP contribution is -2.28. The van der Waals surface area contributed by atoms with E-state index in [0.29, 0.717) is 41.4 Å². The normalized spacial score (nSPS) is 12.0. The van der Waals surface area contributed by atoms with Gasteiger partial charge in [0.1, 0.15) is 19.4 Å². The van der Waals surface area contributed by atoms with Gasteiger partial charge in [0, 0.05) is 24.3 Å². The van der Waals surface area contributed by atoms with Crippen molar-refractivity contribution in [2.45, 2.75) is 169 Å². The third-order valence-corrected chi connectivity index (χ3v) is 21.4. The minimum Gasteiger partial charge on any atom is -0.490 e. The standard InChI is InChI=1S/C18H27FN2OS.C18H31FN2O.C9H14ClNOSSi.CH4/c1-2-3-4-5-6-7-8-9-10-11-12-22-18-14-17-16(13-15(18)19)20-23-21-17;1-2-3-4-5-6-7-8-9-10-11-12-22-18-14-17(21)16(20)13-15(18)19;1-14(2,3)13(10,12)11-9-7-5-4-6-8-9;/h13-14H,2-12H2,1H3;13-14H,2-12,20-21H2,1H3;4-8H,1-3H3;1H4. The Morgan fingerprint density at radius 3 is 1.47 bits per heavy atom. The molecule has 4 rings (SSSR count). The average molecular weight is 913 g/mol. The van der Waals surface area contributed by atoms with Crippen molar-refractivity contribution >= 4 is 66.1 Å². The van der Waals surface area contributed by atoms with E-state index < -0.39 is 21.4 Å². The fraction of sp³-hybridized carbons (Fsp3) is 0.609. The number of benzene rings is 3. The number of hydrogen-bond donors (Lipinski definition) is 2. The van der Waals surface area contributed by atoms with Crippen LogP contribution >= 0.6 is 22.4 Å². The van der Waals surface area contributed by atoms with Crippen molar-refractivity contribution in [1.29, 1.82) is 0 Å². The molecule has 4 aromatic rings. The molecule has 1 atom stereocenters. The van der Waals surface area contributed by atoms with E-state index in [-0.39, 0.29) is 24.7 Å². The van der Waals surface area contributed by atoms with Crippen molar-refractivity contribution < 1.29 is 22.5 Å². The lowest BCUT2D eigenvalue weighted by molar-refractivity contribution is 0.290. The van der Waals surface area contributed by atoms with Crippen molar-refractivity contribution in [1.82, 2.24) is 8.75 Å². The van der Waals surface area contributed by atoms with Gasteiger partial charge in [-0.2, -0.15) is 13.1 Å². The molecule has 8 nitrogen and oxygen atoms in total. The van der Waals surface area contributed by atoms with Crippen LogP contribution in [0.15, 0.2) is 59.0 Å². The summed E-state index contributed by atoms with van der Waals surface area (Å²) in [5, 5.41) is 0. The summed E-state index contributed by atoms with van der Waals surface area (Å²) in [5.41, 5.74) is 13.8. The summed E-state index contributed by atoms with van der Waals surface area (Å²) in [7, 11) is 1.46. The van der Waals surface area contributed by atoms with Crippen molar-refractivity contribution in [3.63, 3.8) is 0 Å². The van der Waals surface area contributed by atoms with Gasteiger partial charge in [0.2, 0.25) is 0 Å². The van der Waals surface area contributed by atoms with Gasteiger partial charge in [0.15, 0.2) is 30.4 Å². The molecule has 0 fully saturated rings. The van der Waals surface area contributed by atoms with Gasteiger partial charge in [-0.05, 0) is 35.7 Å². The maximum Gasteiger partial charge on any atom is 0.181 e. The second kappa shape index (κ2) is 31.8. The number of nitrogens with two attached hydrogens (primary N) is 2.